The number of nitrogens with zero attached hydrogens (tertiary/aromatic N) is 1. The smallest absolute Gasteiger partial charge is 0.271 e. The summed E-state index contributed by atoms with van der Waals surface area (Å²) >= 11 is 3.30. The van der Waals surface area contributed by atoms with Crippen molar-refractivity contribution >= 4 is 33.2 Å². The minimum absolute atomic E-state index is 0.0814. The summed E-state index contributed by atoms with van der Waals surface area (Å²) in [6, 6.07) is 9.36. The van der Waals surface area contributed by atoms with Crippen molar-refractivity contribution in [1.29, 1.82) is 0 Å². The van der Waals surface area contributed by atoms with Gasteiger partial charge in [-0.2, -0.15) is 0 Å². The third kappa shape index (κ3) is 3.43. The minimum atomic E-state index is -0.505. The summed E-state index contributed by atoms with van der Waals surface area (Å²) in [6.45, 7) is 1.76. The molecule has 114 valence electrons. The van der Waals surface area contributed by atoms with Crippen LogP contribution in [0, 0.1) is 17.0 Å². The Bertz CT molecular complexity index is 746. The number of carbonyl (C=O) groups excluding carboxylic acids is 1. The summed E-state index contributed by atoms with van der Waals surface area (Å²) in [5.74, 6) is 0.0190. The second-order valence-electron chi connectivity index (χ2n) is 4.56. The van der Waals surface area contributed by atoms with Crippen LogP contribution in [-0.4, -0.2) is 17.9 Å². The van der Waals surface area contributed by atoms with E-state index in [4.69, 9.17) is 4.74 Å². The molecule has 0 saturated heterocycles. The summed E-state index contributed by atoms with van der Waals surface area (Å²) in [7, 11) is 1.47. The molecule has 1 amide bonds. The first kappa shape index (κ1) is 16.0. The average Bonchev–Trinajstić information content (AvgIpc) is 2.49. The molecule has 0 atom stereocenters. The van der Waals surface area contributed by atoms with Crippen molar-refractivity contribution in [2.24, 2.45) is 0 Å². The number of rotatable bonds is 4. The summed E-state index contributed by atoms with van der Waals surface area (Å²) in [4.78, 5) is 22.7. The van der Waals surface area contributed by atoms with Gasteiger partial charge in [0.15, 0.2) is 0 Å². The van der Waals surface area contributed by atoms with Gasteiger partial charge in [-0.25, -0.2) is 0 Å². The molecule has 1 N–H and O–H groups in total. The van der Waals surface area contributed by atoms with Gasteiger partial charge in [0.25, 0.3) is 11.6 Å². The van der Waals surface area contributed by atoms with Crippen molar-refractivity contribution in [2.75, 3.05) is 12.4 Å². The monoisotopic (exact) mass is 364 g/mol. The highest BCUT2D eigenvalue weighted by molar-refractivity contribution is 9.10. The summed E-state index contributed by atoms with van der Waals surface area (Å²) in [5, 5.41) is 13.5. The molecular weight excluding hydrogens is 352 g/mol. The molecule has 0 aliphatic rings. The van der Waals surface area contributed by atoms with Crippen LogP contribution in [0.25, 0.3) is 0 Å². The van der Waals surface area contributed by atoms with Gasteiger partial charge in [-0.15, -0.1) is 0 Å². The van der Waals surface area contributed by atoms with Crippen LogP contribution in [0.3, 0.4) is 0 Å². The molecule has 22 heavy (non-hydrogen) atoms. The van der Waals surface area contributed by atoms with Crippen LogP contribution in [0.1, 0.15) is 15.9 Å². The van der Waals surface area contributed by atoms with E-state index >= 15 is 0 Å². The van der Waals surface area contributed by atoms with Crippen molar-refractivity contribution in [2.45, 2.75) is 6.92 Å². The number of benzene rings is 2. The molecule has 0 saturated carbocycles. The van der Waals surface area contributed by atoms with E-state index < -0.39 is 10.8 Å². The van der Waals surface area contributed by atoms with E-state index in [1.165, 1.54) is 19.2 Å². The maximum absolute atomic E-state index is 12.4. The minimum Gasteiger partial charge on any atom is -0.496 e. The predicted octanol–water partition coefficient (Wildman–Crippen LogP) is 3.93. The van der Waals surface area contributed by atoms with Crippen molar-refractivity contribution in [1.82, 2.24) is 0 Å². The maximum Gasteiger partial charge on any atom is 0.271 e. The Kier molecular flexibility index (Phi) is 4.77. The van der Waals surface area contributed by atoms with Gasteiger partial charge in [0.1, 0.15) is 5.75 Å². The first-order valence-corrected chi connectivity index (χ1v) is 7.11. The fraction of sp³-hybridized carbons (Fsp3) is 0.133. The Morgan fingerprint density at radius 2 is 2.00 bits per heavy atom. The summed E-state index contributed by atoms with van der Waals surface area (Å²) in [5.41, 5.74) is 1.37. The van der Waals surface area contributed by atoms with Crippen LogP contribution >= 0.6 is 15.9 Å². The van der Waals surface area contributed by atoms with Crippen molar-refractivity contribution in [3.8, 4) is 5.75 Å². The number of hydrogen-bond acceptors (Lipinski definition) is 4. The van der Waals surface area contributed by atoms with Crippen LogP contribution < -0.4 is 10.1 Å². The van der Waals surface area contributed by atoms with E-state index in [1.54, 1.807) is 31.2 Å². The van der Waals surface area contributed by atoms with Gasteiger partial charge in [-0.05, 0) is 30.7 Å². The zero-order chi connectivity index (χ0) is 16.3. The molecule has 7 heteroatoms. The molecule has 2 aromatic carbocycles. The van der Waals surface area contributed by atoms with Gasteiger partial charge in [0.05, 0.1) is 23.3 Å². The lowest BCUT2D eigenvalue weighted by Crippen LogP contribution is -2.14. The molecule has 0 fully saturated rings. The van der Waals surface area contributed by atoms with Crippen molar-refractivity contribution < 1.29 is 14.5 Å². The summed E-state index contributed by atoms with van der Waals surface area (Å²) in [6.07, 6.45) is 0. The molecule has 0 aromatic heterocycles. The Morgan fingerprint density at radius 1 is 1.27 bits per heavy atom. The fourth-order valence-corrected chi connectivity index (χ4v) is 2.27. The van der Waals surface area contributed by atoms with Crippen LogP contribution in [0.5, 0.6) is 5.75 Å². The van der Waals surface area contributed by atoms with Gasteiger partial charge >= 0.3 is 0 Å². The lowest BCUT2D eigenvalue weighted by atomic mass is 10.1. The number of halogens is 1. The average molecular weight is 365 g/mol. The molecule has 0 spiro atoms. The van der Waals surface area contributed by atoms with Crippen LogP contribution in [0.15, 0.2) is 40.9 Å². The standard InChI is InChI=1S/C15H13BrN2O4/c1-9-3-5-11(18(20)21)8-13(9)17-15(19)12-7-10(16)4-6-14(12)22-2/h3-8H,1-2H3,(H,17,19). The van der Waals surface area contributed by atoms with Crippen molar-refractivity contribution in [3.63, 3.8) is 0 Å². The maximum atomic E-state index is 12.4. The molecule has 0 unspecified atom stereocenters. The number of non-ortho nitro benzene ring substituents is 1. The van der Waals surface area contributed by atoms with E-state index in [9.17, 15) is 14.9 Å². The zero-order valence-corrected chi connectivity index (χ0v) is 13.5. The van der Waals surface area contributed by atoms with Gasteiger partial charge in [-0.3, -0.25) is 14.9 Å². The summed E-state index contributed by atoms with van der Waals surface area (Å²) < 4.78 is 5.89. The first-order valence-electron chi connectivity index (χ1n) is 6.32. The molecule has 0 radical (unpaired) electrons. The number of nitro groups is 1. The highest BCUT2D eigenvalue weighted by Crippen LogP contribution is 2.26. The van der Waals surface area contributed by atoms with Gasteiger partial charge in [0.2, 0.25) is 0 Å². The zero-order valence-electron chi connectivity index (χ0n) is 11.9. The van der Waals surface area contributed by atoms with E-state index in [0.717, 1.165) is 10.0 Å². The number of hydrogen-bond donors (Lipinski definition) is 1. The highest BCUT2D eigenvalue weighted by atomic mass is 79.9. The van der Waals surface area contributed by atoms with Crippen LogP contribution in [0.2, 0.25) is 0 Å². The molecule has 6 nitrogen and oxygen atoms in total. The third-order valence-corrected chi connectivity index (χ3v) is 3.58. The Hall–Kier alpha value is -2.41. The highest BCUT2D eigenvalue weighted by Gasteiger charge is 2.16. The van der Waals surface area contributed by atoms with Gasteiger partial charge in [0, 0.05) is 16.6 Å². The molecule has 0 heterocycles. The van der Waals surface area contributed by atoms with E-state index in [-0.39, 0.29) is 5.69 Å². The second kappa shape index (κ2) is 6.57. The molecule has 2 aromatic rings. The normalized spacial score (nSPS) is 10.1. The number of ether oxygens (including phenoxy) is 1. The van der Waals surface area contributed by atoms with Crippen LogP contribution in [-0.2, 0) is 0 Å². The number of nitro benzene ring substituents is 1. The fourth-order valence-electron chi connectivity index (χ4n) is 1.91. The lowest BCUT2D eigenvalue weighted by molar-refractivity contribution is -0.384. The third-order valence-electron chi connectivity index (χ3n) is 3.09. The number of carbonyl (C=O) groups is 1. The van der Waals surface area contributed by atoms with Gasteiger partial charge < -0.3 is 10.1 Å². The number of nitrogens with one attached hydrogen (secondary N) is 1. The Balaban J connectivity index is 2.35. The Labute approximate surface area is 135 Å². The largest absolute Gasteiger partial charge is 0.496 e. The van der Waals surface area contributed by atoms with E-state index in [1.807, 2.05) is 0 Å². The first-order chi connectivity index (χ1) is 10.4. The predicted molar refractivity (Wildman–Crippen MR) is 86.5 cm³/mol. The Morgan fingerprint density at radius 3 is 2.64 bits per heavy atom. The molecule has 0 bridgehead atoms. The van der Waals surface area contributed by atoms with E-state index in [0.29, 0.717) is 17.0 Å². The number of aryl methyl sites for hydroxylation is 1. The topological polar surface area (TPSA) is 81.5 Å². The van der Waals surface area contributed by atoms with E-state index in [2.05, 4.69) is 21.2 Å². The number of amides is 1. The number of methoxy groups -OCH3 is 1. The SMILES string of the molecule is COc1ccc(Br)cc1C(=O)Nc1cc([N+](=O)[O-])ccc1C. The van der Waals surface area contributed by atoms with Crippen LogP contribution in [0.4, 0.5) is 11.4 Å². The lowest BCUT2D eigenvalue weighted by Gasteiger charge is -2.11. The quantitative estimate of drug-likeness (QED) is 0.658. The molecule has 2 rings (SSSR count). The molecule has 0 aliphatic carbocycles. The van der Waals surface area contributed by atoms with Gasteiger partial charge in [-0.1, -0.05) is 22.0 Å². The van der Waals surface area contributed by atoms with Crippen molar-refractivity contribution in [3.05, 3.63) is 62.1 Å². The molecule has 0 aliphatic heterocycles. The second-order valence-corrected chi connectivity index (χ2v) is 5.47. The number of anilines is 1. The molecular formula is C15H13BrN2O4.